The Hall–Kier alpha value is -2.79. The van der Waals surface area contributed by atoms with Crippen molar-refractivity contribution in [2.75, 3.05) is 19.6 Å². The molecule has 0 saturated carbocycles. The van der Waals surface area contributed by atoms with E-state index in [4.69, 9.17) is 4.98 Å². The molecule has 1 aliphatic heterocycles. The van der Waals surface area contributed by atoms with E-state index in [1.807, 2.05) is 41.3 Å². The van der Waals surface area contributed by atoms with Crippen LogP contribution in [-0.2, 0) is 11.3 Å². The molecular formula is C20H18FN3O. The molecule has 1 N–H and O–H groups in total. The highest BCUT2D eigenvalue weighted by Gasteiger charge is 2.20. The molecule has 0 radical (unpaired) electrons. The SMILES string of the molecule is O=C1CNCCN1Cc1cc2cc(F)ccc2nc1-c1ccccc1. The van der Waals surface area contributed by atoms with E-state index in [0.717, 1.165) is 34.3 Å². The van der Waals surface area contributed by atoms with E-state index >= 15 is 0 Å². The van der Waals surface area contributed by atoms with Crippen molar-refractivity contribution in [1.29, 1.82) is 0 Å². The van der Waals surface area contributed by atoms with Gasteiger partial charge >= 0.3 is 0 Å². The Morgan fingerprint density at radius 2 is 1.96 bits per heavy atom. The number of amides is 1. The minimum absolute atomic E-state index is 0.0737. The number of aromatic nitrogens is 1. The van der Waals surface area contributed by atoms with Crippen molar-refractivity contribution >= 4 is 16.8 Å². The summed E-state index contributed by atoms with van der Waals surface area (Å²) in [5, 5.41) is 3.82. The van der Waals surface area contributed by atoms with Crippen molar-refractivity contribution in [3.8, 4) is 11.3 Å². The average molecular weight is 335 g/mol. The molecule has 4 nitrogen and oxygen atoms in total. The molecule has 0 spiro atoms. The van der Waals surface area contributed by atoms with Gasteiger partial charge in [0.15, 0.2) is 0 Å². The van der Waals surface area contributed by atoms with Crippen molar-refractivity contribution in [1.82, 2.24) is 15.2 Å². The maximum atomic E-state index is 13.6. The molecule has 0 aliphatic carbocycles. The molecule has 5 heteroatoms. The molecule has 1 aliphatic rings. The second-order valence-corrected chi connectivity index (χ2v) is 6.19. The standard InChI is InChI=1S/C20H18FN3O/c21-17-6-7-18-15(11-17)10-16(13-24-9-8-22-12-19(24)25)20(23-18)14-4-2-1-3-5-14/h1-7,10-11,22H,8-9,12-13H2. The Labute approximate surface area is 145 Å². The summed E-state index contributed by atoms with van der Waals surface area (Å²) in [5.74, 6) is -0.212. The van der Waals surface area contributed by atoms with Crippen LogP contribution in [0.4, 0.5) is 4.39 Å². The first kappa shape index (κ1) is 15.7. The van der Waals surface area contributed by atoms with Crippen molar-refractivity contribution in [3.05, 3.63) is 66.0 Å². The van der Waals surface area contributed by atoms with Crippen LogP contribution in [0.15, 0.2) is 54.6 Å². The maximum Gasteiger partial charge on any atom is 0.236 e. The van der Waals surface area contributed by atoms with E-state index < -0.39 is 0 Å². The normalized spacial score (nSPS) is 14.9. The van der Waals surface area contributed by atoms with Gasteiger partial charge in [0.05, 0.1) is 17.8 Å². The van der Waals surface area contributed by atoms with Crippen LogP contribution in [0.2, 0.25) is 0 Å². The number of carbonyl (C=O) groups is 1. The molecule has 3 aromatic rings. The second kappa shape index (κ2) is 6.61. The number of nitrogens with one attached hydrogen (secondary N) is 1. The van der Waals surface area contributed by atoms with Crippen LogP contribution in [0.1, 0.15) is 5.56 Å². The van der Waals surface area contributed by atoms with Gasteiger partial charge in [-0.3, -0.25) is 4.79 Å². The number of carbonyl (C=O) groups excluding carboxylic acids is 1. The van der Waals surface area contributed by atoms with Crippen molar-refractivity contribution in [2.45, 2.75) is 6.54 Å². The second-order valence-electron chi connectivity index (χ2n) is 6.19. The molecule has 1 amide bonds. The van der Waals surface area contributed by atoms with Gasteiger partial charge in [0, 0.05) is 30.6 Å². The molecular weight excluding hydrogens is 317 g/mol. The van der Waals surface area contributed by atoms with E-state index in [1.165, 1.54) is 12.1 Å². The fraction of sp³-hybridized carbons (Fsp3) is 0.200. The van der Waals surface area contributed by atoms with Gasteiger partial charge in [-0.15, -0.1) is 0 Å². The van der Waals surface area contributed by atoms with Crippen LogP contribution < -0.4 is 5.32 Å². The highest BCUT2D eigenvalue weighted by Crippen LogP contribution is 2.27. The zero-order chi connectivity index (χ0) is 17.2. The smallest absolute Gasteiger partial charge is 0.236 e. The third-order valence-electron chi connectivity index (χ3n) is 4.45. The summed E-state index contributed by atoms with van der Waals surface area (Å²) >= 11 is 0. The Bertz CT molecular complexity index is 927. The number of halogens is 1. The van der Waals surface area contributed by atoms with Gasteiger partial charge in [-0.1, -0.05) is 30.3 Å². The molecule has 1 aromatic heterocycles. The molecule has 2 aromatic carbocycles. The fourth-order valence-corrected chi connectivity index (χ4v) is 3.18. The molecule has 1 saturated heterocycles. The number of piperazine rings is 1. The van der Waals surface area contributed by atoms with Crippen molar-refractivity contribution in [2.24, 2.45) is 0 Å². The molecule has 0 bridgehead atoms. The number of rotatable bonds is 3. The minimum Gasteiger partial charge on any atom is -0.336 e. The summed E-state index contributed by atoms with van der Waals surface area (Å²) in [6, 6.07) is 16.4. The van der Waals surface area contributed by atoms with Gasteiger partial charge in [0.25, 0.3) is 0 Å². The molecule has 126 valence electrons. The summed E-state index contributed by atoms with van der Waals surface area (Å²) in [6.45, 7) is 2.27. The molecule has 0 atom stereocenters. The van der Waals surface area contributed by atoms with Gasteiger partial charge in [-0.2, -0.15) is 0 Å². The van der Waals surface area contributed by atoms with Crippen LogP contribution in [-0.4, -0.2) is 35.4 Å². The van der Waals surface area contributed by atoms with Gasteiger partial charge in [0.1, 0.15) is 5.82 Å². The Morgan fingerprint density at radius 3 is 2.76 bits per heavy atom. The lowest BCUT2D eigenvalue weighted by atomic mass is 10.0. The number of hydrogen-bond donors (Lipinski definition) is 1. The minimum atomic E-state index is -0.286. The highest BCUT2D eigenvalue weighted by molar-refractivity contribution is 5.84. The van der Waals surface area contributed by atoms with E-state index in [9.17, 15) is 9.18 Å². The Balaban J connectivity index is 1.82. The number of benzene rings is 2. The molecule has 4 rings (SSSR count). The lowest BCUT2D eigenvalue weighted by molar-refractivity contribution is -0.132. The Kier molecular flexibility index (Phi) is 4.15. The first-order valence-electron chi connectivity index (χ1n) is 8.34. The molecule has 2 heterocycles. The largest absolute Gasteiger partial charge is 0.336 e. The third kappa shape index (κ3) is 3.23. The number of hydrogen-bond acceptors (Lipinski definition) is 3. The van der Waals surface area contributed by atoms with Crippen LogP contribution >= 0.6 is 0 Å². The summed E-state index contributed by atoms with van der Waals surface area (Å²) in [7, 11) is 0. The number of pyridine rings is 1. The predicted molar refractivity (Wildman–Crippen MR) is 95.4 cm³/mol. The van der Waals surface area contributed by atoms with Gasteiger partial charge in [-0.25, -0.2) is 9.37 Å². The van der Waals surface area contributed by atoms with Crippen molar-refractivity contribution in [3.63, 3.8) is 0 Å². The summed E-state index contributed by atoms with van der Waals surface area (Å²) in [5.41, 5.74) is 3.51. The van der Waals surface area contributed by atoms with Crippen molar-refractivity contribution < 1.29 is 9.18 Å². The lowest BCUT2D eigenvalue weighted by Gasteiger charge is -2.28. The van der Waals surface area contributed by atoms with Crippen LogP contribution in [0.3, 0.4) is 0 Å². The maximum absolute atomic E-state index is 13.6. The van der Waals surface area contributed by atoms with E-state index in [-0.39, 0.29) is 11.7 Å². The van der Waals surface area contributed by atoms with Crippen LogP contribution in [0, 0.1) is 5.82 Å². The number of fused-ring (bicyclic) bond motifs is 1. The first-order valence-corrected chi connectivity index (χ1v) is 8.34. The number of nitrogens with zero attached hydrogens (tertiary/aromatic N) is 2. The topological polar surface area (TPSA) is 45.2 Å². The summed E-state index contributed by atoms with van der Waals surface area (Å²) in [6.07, 6.45) is 0. The van der Waals surface area contributed by atoms with Crippen LogP contribution in [0.25, 0.3) is 22.2 Å². The molecule has 25 heavy (non-hydrogen) atoms. The quantitative estimate of drug-likeness (QED) is 0.800. The first-order chi connectivity index (χ1) is 12.2. The van der Waals surface area contributed by atoms with Crippen LogP contribution in [0.5, 0.6) is 0 Å². The highest BCUT2D eigenvalue weighted by atomic mass is 19.1. The molecule has 0 unspecified atom stereocenters. The molecule has 1 fully saturated rings. The monoisotopic (exact) mass is 335 g/mol. The summed E-state index contributed by atoms with van der Waals surface area (Å²) < 4.78 is 13.6. The van der Waals surface area contributed by atoms with Gasteiger partial charge in [0.2, 0.25) is 5.91 Å². The fourth-order valence-electron chi connectivity index (χ4n) is 3.18. The van der Waals surface area contributed by atoms with Gasteiger partial charge in [-0.05, 0) is 29.8 Å². The lowest BCUT2D eigenvalue weighted by Crippen LogP contribution is -2.47. The van der Waals surface area contributed by atoms with E-state index in [0.29, 0.717) is 19.6 Å². The zero-order valence-corrected chi connectivity index (χ0v) is 13.7. The Morgan fingerprint density at radius 1 is 1.12 bits per heavy atom. The van der Waals surface area contributed by atoms with E-state index in [1.54, 1.807) is 6.07 Å². The van der Waals surface area contributed by atoms with E-state index in [2.05, 4.69) is 5.32 Å². The predicted octanol–water partition coefficient (Wildman–Crippen LogP) is 2.97. The third-order valence-corrected chi connectivity index (χ3v) is 4.45. The zero-order valence-electron chi connectivity index (χ0n) is 13.7. The average Bonchev–Trinajstić information content (AvgIpc) is 2.64. The summed E-state index contributed by atoms with van der Waals surface area (Å²) in [4.78, 5) is 18.7. The van der Waals surface area contributed by atoms with Gasteiger partial charge < -0.3 is 10.2 Å².